The Kier molecular flexibility index (Phi) is 14.2. The molecule has 0 heterocycles. The summed E-state index contributed by atoms with van der Waals surface area (Å²) in [6, 6.07) is 15.7. The van der Waals surface area contributed by atoms with Crippen LogP contribution < -0.4 is 10.2 Å². The van der Waals surface area contributed by atoms with Gasteiger partial charge in [-0.3, -0.25) is 6.08 Å². The summed E-state index contributed by atoms with van der Waals surface area (Å²) < 4.78 is 0. The largest absolute Gasteiger partial charge is 4.00 e. The molecule has 2 aromatic carbocycles. The second-order valence-electron chi connectivity index (χ2n) is 7.67. The number of allylic oxidation sites excluding steroid dienone is 4. The van der Waals surface area contributed by atoms with Crippen LogP contribution in [0, 0.1) is 18.9 Å². The summed E-state index contributed by atoms with van der Waals surface area (Å²) in [6.45, 7) is 10.9. The predicted octanol–water partition coefficient (Wildman–Crippen LogP) is 4.85. The molecule has 0 N–H and O–H groups in total. The molecule has 3 heteroatoms. The van der Waals surface area contributed by atoms with E-state index < -0.39 is 0 Å². The summed E-state index contributed by atoms with van der Waals surface area (Å²) in [6.07, 6.45) is 7.26. The van der Waals surface area contributed by atoms with Crippen molar-refractivity contribution in [2.24, 2.45) is 5.92 Å². The van der Waals surface area contributed by atoms with E-state index in [0.717, 1.165) is 14.2 Å². The number of benzene rings is 1. The molecule has 0 radical (unpaired) electrons. The van der Waals surface area contributed by atoms with Crippen LogP contribution >= 0.6 is 0 Å². The van der Waals surface area contributed by atoms with Crippen molar-refractivity contribution in [1.29, 1.82) is 0 Å². The van der Waals surface area contributed by atoms with Gasteiger partial charge in [0.15, 0.2) is 0 Å². The van der Waals surface area contributed by atoms with Gasteiger partial charge in [-0.1, -0.05) is 88.8 Å². The van der Waals surface area contributed by atoms with Gasteiger partial charge in [-0.15, -0.1) is 6.92 Å². The van der Waals surface area contributed by atoms with E-state index in [9.17, 15) is 0 Å². The fraction of sp³-hybridized carbons (Fsp3) is 0.444. The number of rotatable bonds is 1. The predicted molar refractivity (Wildman–Crippen MR) is 120 cm³/mol. The molecule has 4 rings (SSSR count). The van der Waals surface area contributed by atoms with Gasteiger partial charge in [0, 0.05) is 0 Å². The van der Waals surface area contributed by atoms with Crippen LogP contribution in [0.25, 0.3) is 0 Å². The number of hydrogen-bond donors (Lipinski definition) is 0. The molecule has 2 nitrogen and oxygen atoms in total. The van der Waals surface area contributed by atoms with Gasteiger partial charge in [-0.05, 0) is 5.92 Å². The first-order valence-electron chi connectivity index (χ1n) is 10.4. The van der Waals surface area contributed by atoms with Crippen LogP contribution in [0.1, 0.15) is 68.7 Å². The van der Waals surface area contributed by atoms with Gasteiger partial charge < -0.3 is 10.2 Å². The Morgan fingerprint density at radius 1 is 0.967 bits per heavy atom. The molecule has 0 aliphatic heterocycles. The molecular formula is C27H36O2Zr. The first kappa shape index (κ1) is 28.9. The van der Waals surface area contributed by atoms with E-state index in [0.29, 0.717) is 11.8 Å². The number of fused-ring (bicyclic) bond motifs is 1. The topological polar surface area (TPSA) is 46.1 Å². The van der Waals surface area contributed by atoms with Crippen LogP contribution in [0.2, 0.25) is 0 Å². The van der Waals surface area contributed by atoms with E-state index in [1.165, 1.54) is 47.1 Å². The average Bonchev–Trinajstić information content (AvgIpc) is 3.25. The van der Waals surface area contributed by atoms with E-state index in [-0.39, 0.29) is 26.2 Å². The molecule has 0 saturated heterocycles. The summed E-state index contributed by atoms with van der Waals surface area (Å²) in [4.78, 5) is 0. The van der Waals surface area contributed by atoms with Crippen molar-refractivity contribution in [1.82, 2.24) is 0 Å². The van der Waals surface area contributed by atoms with Crippen molar-refractivity contribution < 1.29 is 36.4 Å². The van der Waals surface area contributed by atoms with E-state index in [4.69, 9.17) is 10.2 Å². The summed E-state index contributed by atoms with van der Waals surface area (Å²) in [5, 5.41) is 16.5. The van der Waals surface area contributed by atoms with Gasteiger partial charge in [0.05, 0.1) is 0 Å². The standard InChI is InChI=1S/C16H17.C9H13.2CH3O.Zr/c1-12-10-14-8-5-9-15(16(14)11-12)13-6-3-2-4-7-13;1-6-5-7(2)9(4)8(6)3;2*1-2;/h2-4,6-7,10-11,15H,5,8-9H2,1H3;6H,1-4H3;2*1H3;/q4*-1;+4. The second kappa shape index (κ2) is 14.8. The smallest absolute Gasteiger partial charge is 0.857 e. The molecule has 0 aromatic heterocycles. The van der Waals surface area contributed by atoms with Gasteiger partial charge in [0.25, 0.3) is 0 Å². The van der Waals surface area contributed by atoms with Crippen LogP contribution in [-0.4, -0.2) is 14.2 Å². The third-order valence-corrected chi connectivity index (χ3v) is 5.91. The maximum atomic E-state index is 8.25. The Morgan fingerprint density at radius 3 is 2.03 bits per heavy atom. The molecule has 2 aromatic rings. The van der Waals surface area contributed by atoms with Gasteiger partial charge in [-0.2, -0.15) is 48.1 Å². The van der Waals surface area contributed by atoms with Gasteiger partial charge >= 0.3 is 26.2 Å². The normalized spacial score (nSPS) is 18.9. The Hall–Kier alpha value is -1.15. The number of hydrogen-bond acceptors (Lipinski definition) is 2. The fourth-order valence-electron chi connectivity index (χ4n) is 4.12. The summed E-state index contributed by atoms with van der Waals surface area (Å²) >= 11 is 0. The zero-order valence-electron chi connectivity index (χ0n) is 19.6. The number of aryl methyl sites for hydroxylation is 2. The second-order valence-corrected chi connectivity index (χ2v) is 7.67. The zero-order chi connectivity index (χ0) is 22.0. The first-order valence-corrected chi connectivity index (χ1v) is 10.4. The molecule has 30 heavy (non-hydrogen) atoms. The summed E-state index contributed by atoms with van der Waals surface area (Å²) in [5.41, 5.74) is 10.3. The van der Waals surface area contributed by atoms with E-state index >= 15 is 0 Å². The van der Waals surface area contributed by atoms with E-state index in [1.807, 2.05) is 0 Å². The van der Waals surface area contributed by atoms with Gasteiger partial charge in [-0.25, -0.2) is 11.6 Å². The molecule has 2 atom stereocenters. The third kappa shape index (κ3) is 7.52. The van der Waals surface area contributed by atoms with Crippen LogP contribution in [0.5, 0.6) is 0 Å². The van der Waals surface area contributed by atoms with Crippen molar-refractivity contribution in [3.05, 3.63) is 87.5 Å². The van der Waals surface area contributed by atoms with Crippen LogP contribution in [0.3, 0.4) is 0 Å². The molecule has 0 bridgehead atoms. The van der Waals surface area contributed by atoms with E-state index in [1.54, 1.807) is 11.1 Å². The Labute approximate surface area is 203 Å². The molecule has 0 spiro atoms. The van der Waals surface area contributed by atoms with Gasteiger partial charge in [0.1, 0.15) is 0 Å². The Morgan fingerprint density at radius 2 is 1.57 bits per heavy atom. The molecule has 2 aliphatic rings. The van der Waals surface area contributed by atoms with Crippen molar-refractivity contribution in [2.45, 2.75) is 59.8 Å². The minimum Gasteiger partial charge on any atom is -0.857 e. The quantitative estimate of drug-likeness (QED) is 0.544. The Bertz CT molecular complexity index is 800. The molecule has 160 valence electrons. The maximum absolute atomic E-state index is 8.25. The first-order chi connectivity index (χ1) is 14.0. The summed E-state index contributed by atoms with van der Waals surface area (Å²) in [7, 11) is 1.50. The van der Waals surface area contributed by atoms with Crippen LogP contribution in [-0.2, 0) is 32.6 Å². The molecule has 0 amide bonds. The zero-order valence-corrected chi connectivity index (χ0v) is 22.1. The summed E-state index contributed by atoms with van der Waals surface area (Å²) in [5.74, 6) is 1.20. The van der Waals surface area contributed by atoms with Gasteiger partial charge in [0.2, 0.25) is 0 Å². The molecule has 0 saturated carbocycles. The van der Waals surface area contributed by atoms with Crippen LogP contribution in [0.15, 0.2) is 59.2 Å². The van der Waals surface area contributed by atoms with Crippen molar-refractivity contribution in [3.63, 3.8) is 0 Å². The molecule has 2 aliphatic carbocycles. The SMILES string of the molecule is CC1=[C-]C(C)C(C)=C1C.C[O-].C[O-].Cc1cc2c([cH-]1)CCCC2c1ccccc1.[Zr+4]. The monoisotopic (exact) mass is 482 g/mol. The molecular weight excluding hydrogens is 448 g/mol. The van der Waals surface area contributed by atoms with Crippen molar-refractivity contribution in [2.75, 3.05) is 14.2 Å². The maximum Gasteiger partial charge on any atom is 4.00 e. The molecule has 0 fully saturated rings. The minimum atomic E-state index is 0. The van der Waals surface area contributed by atoms with Crippen LogP contribution in [0.4, 0.5) is 0 Å². The third-order valence-electron chi connectivity index (χ3n) is 5.91. The van der Waals surface area contributed by atoms with E-state index in [2.05, 4.69) is 83.2 Å². The van der Waals surface area contributed by atoms with Crippen molar-refractivity contribution in [3.8, 4) is 0 Å². The van der Waals surface area contributed by atoms with Crippen molar-refractivity contribution >= 4 is 0 Å². The Balaban J connectivity index is 0.000000518. The minimum absolute atomic E-state index is 0. The average molecular weight is 484 g/mol. The fourth-order valence-corrected chi connectivity index (χ4v) is 4.12. The molecule has 2 unspecified atom stereocenters.